The maximum atomic E-state index is 6.00. The lowest BCUT2D eigenvalue weighted by Gasteiger charge is -2.09. The van der Waals surface area contributed by atoms with Crippen LogP contribution < -0.4 is 9.47 Å². The second kappa shape index (κ2) is 6.43. The van der Waals surface area contributed by atoms with Gasteiger partial charge in [0, 0.05) is 5.02 Å². The molecule has 1 heterocycles. The summed E-state index contributed by atoms with van der Waals surface area (Å²) in [7, 11) is 0. The quantitative estimate of drug-likeness (QED) is 0.829. The summed E-state index contributed by atoms with van der Waals surface area (Å²) in [4.78, 5) is 11.7. The molecule has 20 heavy (non-hydrogen) atoms. The summed E-state index contributed by atoms with van der Waals surface area (Å²) in [6, 6.07) is 4.86. The number of nitrogens with zero attached hydrogens (tertiary/aromatic N) is 3. The fourth-order valence-corrected chi connectivity index (χ4v) is 1.87. The molecule has 0 atom stereocenters. The first-order valence-corrected chi connectivity index (χ1v) is 6.78. The van der Waals surface area contributed by atoms with Gasteiger partial charge < -0.3 is 9.47 Å². The molecule has 0 spiro atoms. The molecule has 2 rings (SSSR count). The molecular formula is C12H10Cl3N3O2. The van der Waals surface area contributed by atoms with Gasteiger partial charge in [-0.15, -0.1) is 4.98 Å². The molecule has 0 saturated heterocycles. The summed E-state index contributed by atoms with van der Waals surface area (Å²) >= 11 is 17.6. The molecule has 0 aliphatic carbocycles. The van der Waals surface area contributed by atoms with Gasteiger partial charge in [-0.05, 0) is 43.6 Å². The Morgan fingerprint density at radius 1 is 1.00 bits per heavy atom. The molecule has 8 heteroatoms. The highest BCUT2D eigenvalue weighted by Crippen LogP contribution is 2.30. The summed E-state index contributed by atoms with van der Waals surface area (Å²) in [5, 5.41) is 0.802. The largest absolute Gasteiger partial charge is 0.461 e. The van der Waals surface area contributed by atoms with Crippen LogP contribution in [0.5, 0.6) is 17.8 Å². The van der Waals surface area contributed by atoms with E-state index in [0.29, 0.717) is 15.8 Å². The van der Waals surface area contributed by atoms with Crippen molar-refractivity contribution in [1.29, 1.82) is 0 Å². The Bertz CT molecular complexity index is 623. The number of aromatic nitrogens is 3. The highest BCUT2D eigenvalue weighted by Gasteiger charge is 2.11. The molecule has 0 bridgehead atoms. The molecule has 0 unspecified atom stereocenters. The van der Waals surface area contributed by atoms with Gasteiger partial charge in [0.25, 0.3) is 0 Å². The zero-order chi connectivity index (χ0) is 14.7. The summed E-state index contributed by atoms with van der Waals surface area (Å²) in [5.74, 6) is 0.355. The van der Waals surface area contributed by atoms with Crippen LogP contribution in [0.1, 0.15) is 13.8 Å². The van der Waals surface area contributed by atoms with E-state index in [1.807, 2.05) is 13.8 Å². The van der Waals surface area contributed by atoms with E-state index < -0.39 is 0 Å². The Balaban J connectivity index is 2.26. The number of ether oxygens (including phenoxy) is 2. The maximum absolute atomic E-state index is 6.00. The number of benzene rings is 1. The van der Waals surface area contributed by atoms with Gasteiger partial charge in [-0.2, -0.15) is 9.97 Å². The maximum Gasteiger partial charge on any atom is 0.329 e. The summed E-state index contributed by atoms with van der Waals surface area (Å²) in [5.41, 5.74) is 0. The van der Waals surface area contributed by atoms with E-state index in [9.17, 15) is 0 Å². The first kappa shape index (κ1) is 15.1. The van der Waals surface area contributed by atoms with Gasteiger partial charge in [-0.25, -0.2) is 0 Å². The van der Waals surface area contributed by atoms with Crippen LogP contribution in [-0.2, 0) is 0 Å². The second-order valence-corrected chi connectivity index (χ2v) is 5.19. The molecule has 2 aromatic rings. The number of hydrogen-bond acceptors (Lipinski definition) is 5. The minimum atomic E-state index is -0.0968. The molecule has 0 radical (unpaired) electrons. The lowest BCUT2D eigenvalue weighted by Crippen LogP contribution is -2.09. The lowest BCUT2D eigenvalue weighted by atomic mass is 10.3. The molecule has 0 amide bonds. The first-order valence-electron chi connectivity index (χ1n) is 5.65. The zero-order valence-corrected chi connectivity index (χ0v) is 12.9. The highest BCUT2D eigenvalue weighted by molar-refractivity contribution is 6.35. The average molecular weight is 335 g/mol. The highest BCUT2D eigenvalue weighted by atomic mass is 35.5. The van der Waals surface area contributed by atoms with Crippen molar-refractivity contribution in [3.63, 3.8) is 0 Å². The second-order valence-electron chi connectivity index (χ2n) is 4.01. The zero-order valence-electron chi connectivity index (χ0n) is 10.6. The van der Waals surface area contributed by atoms with Crippen molar-refractivity contribution >= 4 is 34.8 Å². The van der Waals surface area contributed by atoms with Crippen LogP contribution in [0.4, 0.5) is 0 Å². The molecule has 0 aliphatic rings. The van der Waals surface area contributed by atoms with Crippen LogP contribution in [0.25, 0.3) is 0 Å². The molecule has 5 nitrogen and oxygen atoms in total. The Morgan fingerprint density at radius 2 is 1.70 bits per heavy atom. The van der Waals surface area contributed by atoms with Gasteiger partial charge in [-0.1, -0.05) is 23.2 Å². The Kier molecular flexibility index (Phi) is 4.86. The lowest BCUT2D eigenvalue weighted by molar-refractivity contribution is 0.218. The van der Waals surface area contributed by atoms with Crippen molar-refractivity contribution in [2.45, 2.75) is 20.0 Å². The van der Waals surface area contributed by atoms with E-state index in [2.05, 4.69) is 15.0 Å². The molecular weight excluding hydrogens is 325 g/mol. The van der Waals surface area contributed by atoms with Gasteiger partial charge in [0.2, 0.25) is 5.28 Å². The van der Waals surface area contributed by atoms with Crippen LogP contribution in [0.3, 0.4) is 0 Å². The fourth-order valence-electron chi connectivity index (χ4n) is 1.28. The monoisotopic (exact) mass is 333 g/mol. The Labute approximate surface area is 130 Å². The van der Waals surface area contributed by atoms with E-state index in [0.717, 1.165) is 0 Å². The van der Waals surface area contributed by atoms with Crippen molar-refractivity contribution < 1.29 is 9.47 Å². The number of halogens is 3. The molecule has 0 N–H and O–H groups in total. The fraction of sp³-hybridized carbons (Fsp3) is 0.250. The normalized spacial score (nSPS) is 10.7. The average Bonchev–Trinajstić information content (AvgIpc) is 2.31. The van der Waals surface area contributed by atoms with Crippen molar-refractivity contribution in [3.8, 4) is 17.8 Å². The smallest absolute Gasteiger partial charge is 0.329 e. The van der Waals surface area contributed by atoms with Gasteiger partial charge in [0.05, 0.1) is 11.1 Å². The van der Waals surface area contributed by atoms with Crippen LogP contribution in [0.2, 0.25) is 15.3 Å². The minimum absolute atomic E-state index is 0.00938. The summed E-state index contributed by atoms with van der Waals surface area (Å²) in [6.45, 7) is 3.68. The van der Waals surface area contributed by atoms with Gasteiger partial charge in [0.15, 0.2) is 0 Å². The standard InChI is InChI=1S/C12H10Cl3N3O2/c1-6(2)19-11-16-10(15)17-12(18-11)20-9-4-3-7(13)5-8(9)14/h3-6H,1-2H3. The molecule has 1 aromatic heterocycles. The van der Waals surface area contributed by atoms with Gasteiger partial charge >= 0.3 is 12.0 Å². The Morgan fingerprint density at radius 3 is 2.35 bits per heavy atom. The molecule has 0 saturated carbocycles. The summed E-state index contributed by atoms with van der Waals surface area (Å²) in [6.07, 6.45) is -0.0968. The van der Waals surface area contributed by atoms with Crippen LogP contribution in [-0.4, -0.2) is 21.1 Å². The van der Waals surface area contributed by atoms with E-state index in [4.69, 9.17) is 44.3 Å². The van der Waals surface area contributed by atoms with Crippen molar-refractivity contribution in [1.82, 2.24) is 15.0 Å². The topological polar surface area (TPSA) is 57.1 Å². The van der Waals surface area contributed by atoms with E-state index in [-0.39, 0.29) is 23.4 Å². The molecule has 0 fully saturated rings. The third-order valence-corrected chi connectivity index (χ3v) is 2.70. The third-order valence-electron chi connectivity index (χ3n) is 2.00. The van der Waals surface area contributed by atoms with Crippen LogP contribution in [0, 0.1) is 0 Å². The van der Waals surface area contributed by atoms with Crippen molar-refractivity contribution in [2.24, 2.45) is 0 Å². The predicted molar refractivity (Wildman–Crippen MR) is 77.1 cm³/mol. The molecule has 0 aliphatic heterocycles. The van der Waals surface area contributed by atoms with E-state index in [1.54, 1.807) is 18.2 Å². The van der Waals surface area contributed by atoms with Crippen molar-refractivity contribution in [3.05, 3.63) is 33.5 Å². The first-order chi connectivity index (χ1) is 9.44. The number of hydrogen-bond donors (Lipinski definition) is 0. The van der Waals surface area contributed by atoms with Gasteiger partial charge in [0.1, 0.15) is 5.75 Å². The predicted octanol–water partition coefficient (Wildman–Crippen LogP) is 4.41. The summed E-state index contributed by atoms with van der Waals surface area (Å²) < 4.78 is 10.8. The van der Waals surface area contributed by atoms with Gasteiger partial charge in [-0.3, -0.25) is 0 Å². The van der Waals surface area contributed by atoms with E-state index >= 15 is 0 Å². The van der Waals surface area contributed by atoms with E-state index in [1.165, 1.54) is 0 Å². The SMILES string of the molecule is CC(C)Oc1nc(Cl)nc(Oc2ccc(Cl)cc2Cl)n1. The van der Waals surface area contributed by atoms with Crippen LogP contribution in [0.15, 0.2) is 18.2 Å². The van der Waals surface area contributed by atoms with Crippen LogP contribution >= 0.6 is 34.8 Å². The van der Waals surface area contributed by atoms with Crippen molar-refractivity contribution in [2.75, 3.05) is 0 Å². The molecule has 1 aromatic carbocycles. The third kappa shape index (κ3) is 4.10. The Hall–Kier alpha value is -1.30. The number of rotatable bonds is 4. The molecule has 106 valence electrons. The minimum Gasteiger partial charge on any atom is -0.461 e.